The van der Waals surface area contributed by atoms with Crippen molar-refractivity contribution in [2.24, 2.45) is 0 Å². The summed E-state index contributed by atoms with van der Waals surface area (Å²) in [6, 6.07) is 12.2. The zero-order chi connectivity index (χ0) is 18.7. The van der Waals surface area contributed by atoms with Crippen molar-refractivity contribution in [3.63, 3.8) is 0 Å². The van der Waals surface area contributed by atoms with E-state index in [-0.39, 0.29) is 24.6 Å². The van der Waals surface area contributed by atoms with Gasteiger partial charge in [0.25, 0.3) is 5.91 Å². The topological polar surface area (TPSA) is 55.8 Å². The van der Waals surface area contributed by atoms with Crippen molar-refractivity contribution in [1.29, 1.82) is 0 Å². The first-order chi connectivity index (χ1) is 12.5. The highest BCUT2D eigenvalue weighted by Gasteiger charge is 2.42. The normalized spacial score (nSPS) is 19.3. The number of ether oxygens (including phenoxy) is 2. The van der Waals surface area contributed by atoms with Gasteiger partial charge in [-0.25, -0.2) is 9.18 Å². The zero-order valence-corrected chi connectivity index (χ0v) is 15.6. The summed E-state index contributed by atoms with van der Waals surface area (Å²) in [6.45, 7) is 0.161. The predicted octanol–water partition coefficient (Wildman–Crippen LogP) is 3.42. The van der Waals surface area contributed by atoms with Crippen LogP contribution in [0.1, 0.15) is 16.8 Å². The summed E-state index contributed by atoms with van der Waals surface area (Å²) in [4.78, 5) is 26.5. The molecule has 1 heterocycles. The second-order valence-corrected chi connectivity index (χ2v) is 6.74. The van der Waals surface area contributed by atoms with E-state index in [4.69, 9.17) is 9.47 Å². The maximum atomic E-state index is 13.8. The zero-order valence-electron chi connectivity index (χ0n) is 14.0. The number of rotatable bonds is 4. The average molecular weight is 422 g/mol. The molecule has 0 N–H and O–H groups in total. The summed E-state index contributed by atoms with van der Waals surface area (Å²) in [5, 5.41) is 0. The van der Waals surface area contributed by atoms with Crippen molar-refractivity contribution in [2.75, 3.05) is 13.7 Å². The number of likely N-dealkylation sites (tertiary alicyclic amines) is 1. The summed E-state index contributed by atoms with van der Waals surface area (Å²) >= 11 is 3.35. The summed E-state index contributed by atoms with van der Waals surface area (Å²) in [5.74, 6) is -1.23. The van der Waals surface area contributed by atoms with E-state index >= 15 is 0 Å². The number of benzene rings is 2. The Balaban J connectivity index is 1.83. The van der Waals surface area contributed by atoms with E-state index in [1.165, 1.54) is 24.1 Å². The molecule has 2 atom stereocenters. The fourth-order valence-corrected chi connectivity index (χ4v) is 3.43. The van der Waals surface area contributed by atoms with Gasteiger partial charge in [0.05, 0.1) is 19.2 Å². The number of nitrogens with zero attached hydrogens (tertiary/aromatic N) is 1. The predicted molar refractivity (Wildman–Crippen MR) is 96.4 cm³/mol. The summed E-state index contributed by atoms with van der Waals surface area (Å²) in [5.41, 5.74) is 0.438. The second-order valence-electron chi connectivity index (χ2n) is 5.88. The minimum Gasteiger partial charge on any atom is -0.485 e. The molecule has 2 aromatic rings. The highest BCUT2D eigenvalue weighted by Crippen LogP contribution is 2.28. The van der Waals surface area contributed by atoms with Crippen LogP contribution in [0.5, 0.6) is 5.75 Å². The number of para-hydroxylation sites is 1. The first-order valence-corrected chi connectivity index (χ1v) is 8.85. The van der Waals surface area contributed by atoms with Crippen LogP contribution in [0.2, 0.25) is 0 Å². The smallest absolute Gasteiger partial charge is 0.328 e. The van der Waals surface area contributed by atoms with Gasteiger partial charge in [0, 0.05) is 10.9 Å². The van der Waals surface area contributed by atoms with Gasteiger partial charge < -0.3 is 14.4 Å². The van der Waals surface area contributed by atoms with E-state index in [1.54, 1.807) is 36.4 Å². The number of hydrogen-bond donors (Lipinski definition) is 0. The molecule has 0 radical (unpaired) electrons. The second kappa shape index (κ2) is 7.86. The number of esters is 1. The Kier molecular flexibility index (Phi) is 5.56. The van der Waals surface area contributed by atoms with E-state index in [0.717, 1.165) is 0 Å². The van der Waals surface area contributed by atoms with Crippen molar-refractivity contribution >= 4 is 27.8 Å². The van der Waals surface area contributed by atoms with Crippen LogP contribution in [0.15, 0.2) is 53.0 Å². The number of methoxy groups -OCH3 is 1. The van der Waals surface area contributed by atoms with Crippen LogP contribution < -0.4 is 4.74 Å². The largest absolute Gasteiger partial charge is 0.485 e. The maximum Gasteiger partial charge on any atom is 0.328 e. The number of hydrogen-bond acceptors (Lipinski definition) is 4. The van der Waals surface area contributed by atoms with Crippen LogP contribution in [-0.2, 0) is 9.53 Å². The highest BCUT2D eigenvalue weighted by atomic mass is 79.9. The van der Waals surface area contributed by atoms with Crippen LogP contribution in [0, 0.1) is 5.82 Å². The SMILES string of the molecule is COC(=O)[C@@H]1C[C@H](Oc2ccccc2F)CN1C(=O)c1ccccc1Br. The molecular formula is C19H17BrFNO4. The Morgan fingerprint density at radius 3 is 2.54 bits per heavy atom. The van der Waals surface area contributed by atoms with Crippen LogP contribution >= 0.6 is 15.9 Å². The molecule has 1 aliphatic rings. The minimum absolute atomic E-state index is 0.0938. The van der Waals surface area contributed by atoms with Gasteiger partial charge in [-0.2, -0.15) is 0 Å². The molecule has 7 heteroatoms. The molecule has 5 nitrogen and oxygen atoms in total. The van der Waals surface area contributed by atoms with Gasteiger partial charge in [-0.05, 0) is 40.2 Å². The average Bonchev–Trinajstić information content (AvgIpc) is 3.07. The van der Waals surface area contributed by atoms with Crippen LogP contribution in [0.4, 0.5) is 4.39 Å². The van der Waals surface area contributed by atoms with Crippen LogP contribution in [-0.4, -0.2) is 42.6 Å². The highest BCUT2D eigenvalue weighted by molar-refractivity contribution is 9.10. The summed E-state index contributed by atoms with van der Waals surface area (Å²) < 4.78 is 25.0. The van der Waals surface area contributed by atoms with Crippen molar-refractivity contribution in [2.45, 2.75) is 18.6 Å². The number of amides is 1. The number of halogens is 2. The quantitative estimate of drug-likeness (QED) is 0.709. The molecule has 0 aromatic heterocycles. The molecule has 0 bridgehead atoms. The van der Waals surface area contributed by atoms with Gasteiger partial charge in [-0.1, -0.05) is 24.3 Å². The molecule has 136 valence electrons. The maximum absolute atomic E-state index is 13.8. The van der Waals surface area contributed by atoms with Crippen LogP contribution in [0.25, 0.3) is 0 Å². The first-order valence-electron chi connectivity index (χ1n) is 8.05. The molecule has 0 unspecified atom stereocenters. The van der Waals surface area contributed by atoms with Gasteiger partial charge in [0.2, 0.25) is 0 Å². The van der Waals surface area contributed by atoms with Gasteiger partial charge in [-0.15, -0.1) is 0 Å². The lowest BCUT2D eigenvalue weighted by Crippen LogP contribution is -2.41. The fraction of sp³-hybridized carbons (Fsp3) is 0.263. The molecule has 3 rings (SSSR count). The molecule has 1 aliphatic heterocycles. The Bertz CT molecular complexity index is 829. The molecule has 0 saturated carbocycles. The molecule has 1 saturated heterocycles. The molecular weight excluding hydrogens is 405 g/mol. The minimum atomic E-state index is -0.781. The lowest BCUT2D eigenvalue weighted by atomic mass is 10.1. The third kappa shape index (κ3) is 3.72. The molecule has 26 heavy (non-hydrogen) atoms. The Labute approximate surface area is 158 Å². The molecule has 0 aliphatic carbocycles. The van der Waals surface area contributed by atoms with E-state index in [1.807, 2.05) is 0 Å². The Morgan fingerprint density at radius 1 is 1.15 bits per heavy atom. The van der Waals surface area contributed by atoms with Crippen molar-refractivity contribution in [3.05, 3.63) is 64.4 Å². The van der Waals surface area contributed by atoms with Gasteiger partial charge in [0.1, 0.15) is 12.1 Å². The fourth-order valence-electron chi connectivity index (χ4n) is 2.98. The molecule has 1 fully saturated rings. The summed E-state index contributed by atoms with van der Waals surface area (Å²) in [6.07, 6.45) is -0.278. The standard InChI is InChI=1S/C19H17BrFNO4/c1-25-19(24)16-10-12(26-17-9-5-4-8-15(17)21)11-22(16)18(23)13-6-2-3-7-14(13)20/h2-9,12,16H,10-11H2,1H3/t12-,16-/m0/s1. The Morgan fingerprint density at radius 2 is 1.85 bits per heavy atom. The van der Waals surface area contributed by atoms with Crippen molar-refractivity contribution < 1.29 is 23.5 Å². The molecule has 1 amide bonds. The third-order valence-electron chi connectivity index (χ3n) is 4.23. The summed E-state index contributed by atoms with van der Waals surface area (Å²) in [7, 11) is 1.27. The van der Waals surface area contributed by atoms with Crippen LogP contribution in [0.3, 0.4) is 0 Å². The van der Waals surface area contributed by atoms with Gasteiger partial charge in [-0.3, -0.25) is 4.79 Å². The van der Waals surface area contributed by atoms with E-state index in [9.17, 15) is 14.0 Å². The number of carbonyl (C=O) groups is 2. The monoisotopic (exact) mass is 421 g/mol. The van der Waals surface area contributed by atoms with Crippen molar-refractivity contribution in [1.82, 2.24) is 4.90 Å². The molecule has 2 aromatic carbocycles. The van der Waals surface area contributed by atoms with E-state index in [2.05, 4.69) is 15.9 Å². The van der Waals surface area contributed by atoms with E-state index in [0.29, 0.717) is 10.0 Å². The lowest BCUT2D eigenvalue weighted by Gasteiger charge is -2.22. The lowest BCUT2D eigenvalue weighted by molar-refractivity contribution is -0.145. The Hall–Kier alpha value is -2.41. The van der Waals surface area contributed by atoms with Gasteiger partial charge >= 0.3 is 5.97 Å². The van der Waals surface area contributed by atoms with Gasteiger partial charge in [0.15, 0.2) is 11.6 Å². The first kappa shape index (κ1) is 18.4. The molecule has 0 spiro atoms. The van der Waals surface area contributed by atoms with E-state index < -0.39 is 23.9 Å². The number of carbonyl (C=O) groups excluding carboxylic acids is 2. The third-order valence-corrected chi connectivity index (χ3v) is 4.92. The van der Waals surface area contributed by atoms with Crippen molar-refractivity contribution in [3.8, 4) is 5.75 Å².